The van der Waals surface area contributed by atoms with Gasteiger partial charge in [-0.15, -0.1) is 0 Å². The maximum atomic E-state index is 13.9. The summed E-state index contributed by atoms with van der Waals surface area (Å²) in [5, 5.41) is 3.17. The molecule has 0 unspecified atom stereocenters. The monoisotopic (exact) mass is 429 g/mol. The van der Waals surface area contributed by atoms with Crippen LogP contribution in [0, 0.1) is 5.82 Å². The molecule has 4 rings (SSSR count). The van der Waals surface area contributed by atoms with Crippen molar-refractivity contribution >= 4 is 23.2 Å². The molecule has 3 aromatic rings. The lowest BCUT2D eigenvalue weighted by atomic mass is 9.97. The molecule has 0 aliphatic heterocycles. The summed E-state index contributed by atoms with van der Waals surface area (Å²) in [7, 11) is 0. The van der Waals surface area contributed by atoms with Gasteiger partial charge in [-0.1, -0.05) is 36.7 Å². The van der Waals surface area contributed by atoms with Gasteiger partial charge in [-0.3, -0.25) is 4.79 Å². The van der Waals surface area contributed by atoms with E-state index in [1.807, 2.05) is 13.0 Å². The highest BCUT2D eigenvalue weighted by Gasteiger charge is 2.37. The van der Waals surface area contributed by atoms with E-state index in [2.05, 4.69) is 5.32 Å². The zero-order valence-electron chi connectivity index (χ0n) is 16.2. The number of alkyl halides is 2. The Morgan fingerprint density at radius 2 is 1.77 bits per heavy atom. The molecule has 154 valence electrons. The summed E-state index contributed by atoms with van der Waals surface area (Å²) >= 11 is 6.40. The Hall–Kier alpha value is -2.79. The summed E-state index contributed by atoms with van der Waals surface area (Å²) in [5.41, 5.74) is 4.00. The molecule has 30 heavy (non-hydrogen) atoms. The highest BCUT2D eigenvalue weighted by atomic mass is 35.5. The maximum absolute atomic E-state index is 13.9. The Labute approximate surface area is 177 Å². The van der Waals surface area contributed by atoms with E-state index in [0.29, 0.717) is 33.8 Å². The predicted octanol–water partition coefficient (Wildman–Crippen LogP) is 6.69. The summed E-state index contributed by atoms with van der Waals surface area (Å²) in [5.74, 6) is -3.86. The molecule has 0 radical (unpaired) electrons. The number of amides is 1. The van der Waals surface area contributed by atoms with E-state index in [1.54, 1.807) is 30.3 Å². The summed E-state index contributed by atoms with van der Waals surface area (Å²) in [6.07, 6.45) is 0.0365. The van der Waals surface area contributed by atoms with Gasteiger partial charge < -0.3 is 5.32 Å². The first kappa shape index (κ1) is 20.5. The number of hydrogen-bond donors (Lipinski definition) is 1. The lowest BCUT2D eigenvalue weighted by Crippen LogP contribution is -2.14. The molecule has 0 fully saturated rings. The molecule has 0 spiro atoms. The molecule has 1 aliphatic rings. The van der Waals surface area contributed by atoms with Crippen LogP contribution in [-0.2, 0) is 19.3 Å². The number of carbonyl (C=O) groups is 1. The smallest absolute Gasteiger partial charge is 0.258 e. The average molecular weight is 430 g/mol. The molecule has 0 bridgehead atoms. The van der Waals surface area contributed by atoms with Gasteiger partial charge in [-0.25, -0.2) is 13.2 Å². The van der Waals surface area contributed by atoms with E-state index in [-0.39, 0.29) is 18.4 Å². The summed E-state index contributed by atoms with van der Waals surface area (Å²) in [6.45, 7) is 1.93. The molecule has 1 N–H and O–H groups in total. The van der Waals surface area contributed by atoms with Crippen molar-refractivity contribution in [3.63, 3.8) is 0 Å². The van der Waals surface area contributed by atoms with E-state index in [1.165, 1.54) is 18.2 Å². The molecule has 0 aromatic heterocycles. The topological polar surface area (TPSA) is 29.1 Å². The van der Waals surface area contributed by atoms with Crippen molar-refractivity contribution in [2.45, 2.75) is 32.1 Å². The quantitative estimate of drug-likeness (QED) is 0.491. The van der Waals surface area contributed by atoms with Crippen molar-refractivity contribution in [3.8, 4) is 11.1 Å². The van der Waals surface area contributed by atoms with Gasteiger partial charge in [0, 0.05) is 29.1 Å². The predicted molar refractivity (Wildman–Crippen MR) is 113 cm³/mol. The van der Waals surface area contributed by atoms with Gasteiger partial charge >= 0.3 is 0 Å². The third-order valence-electron chi connectivity index (χ3n) is 5.35. The molecule has 1 aliphatic carbocycles. The van der Waals surface area contributed by atoms with Crippen molar-refractivity contribution in [1.82, 2.24) is 0 Å². The Bertz CT molecular complexity index is 1140. The van der Waals surface area contributed by atoms with Crippen LogP contribution in [-0.4, -0.2) is 11.8 Å². The van der Waals surface area contributed by atoms with Gasteiger partial charge in [0.2, 0.25) is 0 Å². The highest BCUT2D eigenvalue weighted by molar-refractivity contribution is 6.33. The lowest BCUT2D eigenvalue weighted by Gasteiger charge is -2.14. The molecule has 0 atom stereocenters. The Kier molecular flexibility index (Phi) is 5.33. The van der Waals surface area contributed by atoms with E-state index < -0.39 is 17.6 Å². The molecule has 2 nitrogen and oxygen atoms in total. The molecule has 0 saturated carbocycles. The van der Waals surface area contributed by atoms with Crippen molar-refractivity contribution in [1.29, 1.82) is 0 Å². The minimum Gasteiger partial charge on any atom is -0.322 e. The minimum absolute atomic E-state index is 0.0359. The van der Waals surface area contributed by atoms with Crippen molar-refractivity contribution in [2.75, 3.05) is 5.32 Å². The van der Waals surface area contributed by atoms with Crippen LogP contribution >= 0.6 is 11.6 Å². The van der Waals surface area contributed by atoms with Crippen molar-refractivity contribution < 1.29 is 18.0 Å². The van der Waals surface area contributed by atoms with Gasteiger partial charge in [0.25, 0.3) is 11.8 Å². The maximum Gasteiger partial charge on any atom is 0.258 e. The van der Waals surface area contributed by atoms with E-state index in [0.717, 1.165) is 11.1 Å². The van der Waals surface area contributed by atoms with Crippen LogP contribution in [0.5, 0.6) is 0 Å². The van der Waals surface area contributed by atoms with E-state index in [9.17, 15) is 18.0 Å². The van der Waals surface area contributed by atoms with Gasteiger partial charge in [0.15, 0.2) is 0 Å². The Morgan fingerprint density at radius 3 is 2.47 bits per heavy atom. The van der Waals surface area contributed by atoms with E-state index >= 15 is 0 Å². The molecule has 0 heterocycles. The van der Waals surface area contributed by atoms with Crippen LogP contribution in [0.25, 0.3) is 11.1 Å². The number of hydrogen-bond acceptors (Lipinski definition) is 1. The van der Waals surface area contributed by atoms with Gasteiger partial charge in [-0.2, -0.15) is 0 Å². The number of aryl methyl sites for hydroxylation is 1. The fraction of sp³-hybridized carbons (Fsp3) is 0.208. The summed E-state index contributed by atoms with van der Waals surface area (Å²) < 4.78 is 41.4. The number of nitrogens with one attached hydrogen (secondary N) is 1. The lowest BCUT2D eigenvalue weighted by molar-refractivity contribution is 0.0130. The SMILES string of the molecule is CCc1cc(-c2cc3c(cc2Cl)CC(F)(F)C3)ccc1NC(=O)c1ccccc1F. The zero-order chi connectivity index (χ0) is 21.5. The largest absolute Gasteiger partial charge is 0.322 e. The minimum atomic E-state index is -2.74. The second-order valence-corrected chi connectivity index (χ2v) is 7.88. The van der Waals surface area contributed by atoms with Gasteiger partial charge in [0.05, 0.1) is 5.56 Å². The molecule has 3 aromatic carbocycles. The van der Waals surface area contributed by atoms with Crippen LogP contribution < -0.4 is 5.32 Å². The Morgan fingerprint density at radius 1 is 1.07 bits per heavy atom. The number of halogens is 4. The molecular weight excluding hydrogens is 411 g/mol. The molecule has 0 saturated heterocycles. The highest BCUT2D eigenvalue weighted by Crippen LogP contribution is 2.40. The first-order valence-corrected chi connectivity index (χ1v) is 10.0. The second kappa shape index (κ2) is 7.80. The van der Waals surface area contributed by atoms with Crippen LogP contribution in [0.1, 0.15) is 34.0 Å². The van der Waals surface area contributed by atoms with Crippen molar-refractivity contribution in [2.24, 2.45) is 0 Å². The Balaban J connectivity index is 1.65. The number of carbonyl (C=O) groups excluding carboxylic acids is 1. The van der Waals surface area contributed by atoms with Gasteiger partial charge in [0.1, 0.15) is 5.82 Å². The number of anilines is 1. The molecule has 1 amide bonds. The molecule has 6 heteroatoms. The normalized spacial score (nSPS) is 14.4. The zero-order valence-corrected chi connectivity index (χ0v) is 17.0. The van der Waals surface area contributed by atoms with Crippen LogP contribution in [0.2, 0.25) is 5.02 Å². The first-order valence-electron chi connectivity index (χ1n) is 9.66. The van der Waals surface area contributed by atoms with Crippen LogP contribution in [0.4, 0.5) is 18.9 Å². The summed E-state index contributed by atoms with van der Waals surface area (Å²) in [6, 6.07) is 14.5. The first-order chi connectivity index (χ1) is 14.3. The van der Waals surface area contributed by atoms with E-state index in [4.69, 9.17) is 11.6 Å². The number of fused-ring (bicyclic) bond motifs is 1. The fourth-order valence-electron chi connectivity index (χ4n) is 3.84. The number of benzene rings is 3. The van der Waals surface area contributed by atoms with Crippen LogP contribution in [0.15, 0.2) is 54.6 Å². The summed E-state index contributed by atoms with van der Waals surface area (Å²) in [4.78, 5) is 12.5. The molecular formula is C24H19ClF3NO. The fourth-order valence-corrected chi connectivity index (χ4v) is 4.14. The average Bonchev–Trinajstić information content (AvgIpc) is 3.00. The third kappa shape index (κ3) is 3.94. The van der Waals surface area contributed by atoms with Crippen LogP contribution in [0.3, 0.4) is 0 Å². The second-order valence-electron chi connectivity index (χ2n) is 7.47. The van der Waals surface area contributed by atoms with Gasteiger partial charge in [-0.05, 0) is 65.1 Å². The number of rotatable bonds is 4. The standard InChI is InChI=1S/C24H19ClF3NO/c1-2-14-9-15(19-10-16-12-24(27,28)13-17(16)11-20(19)25)7-8-22(14)29-23(30)18-5-3-4-6-21(18)26/h3-11H,2,12-13H2,1H3,(H,29,30). The third-order valence-corrected chi connectivity index (χ3v) is 5.66. The van der Waals surface area contributed by atoms with Crippen molar-refractivity contribution in [3.05, 3.63) is 87.7 Å².